The summed E-state index contributed by atoms with van der Waals surface area (Å²) >= 11 is 2.94. The zero-order valence-electron chi connectivity index (χ0n) is 14.4. The van der Waals surface area contributed by atoms with Crippen LogP contribution in [0.1, 0.15) is 26.5 Å². The van der Waals surface area contributed by atoms with Gasteiger partial charge in [0.05, 0.1) is 28.6 Å². The van der Waals surface area contributed by atoms with Gasteiger partial charge in [-0.3, -0.25) is 14.2 Å². The quantitative estimate of drug-likeness (QED) is 0.595. The van der Waals surface area contributed by atoms with E-state index in [2.05, 4.69) is 11.9 Å². The second-order valence-corrected chi connectivity index (χ2v) is 8.90. The molecular formula is C16H23N3O3S2. The lowest BCUT2D eigenvalue weighted by Crippen LogP contribution is -2.48. The highest BCUT2D eigenvalue weighted by Crippen LogP contribution is 2.33. The van der Waals surface area contributed by atoms with Gasteiger partial charge in [0.2, 0.25) is 5.91 Å². The van der Waals surface area contributed by atoms with Crippen molar-refractivity contribution in [1.29, 1.82) is 0 Å². The van der Waals surface area contributed by atoms with Crippen molar-refractivity contribution in [1.82, 2.24) is 14.5 Å². The number of rotatable bonds is 3. The monoisotopic (exact) mass is 369 g/mol. The molecule has 3 unspecified atom stereocenters. The highest BCUT2D eigenvalue weighted by Gasteiger charge is 2.28. The molecule has 0 bridgehead atoms. The first-order chi connectivity index (χ1) is 11.3. The number of nitrogens with zero attached hydrogens (tertiary/aromatic N) is 3. The van der Waals surface area contributed by atoms with Crippen molar-refractivity contribution in [2.45, 2.75) is 54.7 Å². The normalized spacial score (nSPS) is 26.5. The van der Waals surface area contributed by atoms with Gasteiger partial charge in [0.1, 0.15) is 0 Å². The number of carbonyl (C=O) groups is 1. The first-order valence-electron chi connectivity index (χ1n) is 8.17. The van der Waals surface area contributed by atoms with Crippen LogP contribution in [0.3, 0.4) is 0 Å². The summed E-state index contributed by atoms with van der Waals surface area (Å²) in [5.74, 6) is 0.362. The first kappa shape index (κ1) is 17.8. The molecule has 6 nitrogen and oxygen atoms in total. The molecule has 24 heavy (non-hydrogen) atoms. The first-order valence-corrected chi connectivity index (χ1v) is 10.0. The van der Waals surface area contributed by atoms with Gasteiger partial charge in [-0.05, 0) is 13.8 Å². The van der Waals surface area contributed by atoms with Gasteiger partial charge < -0.3 is 9.64 Å². The molecular weight excluding hydrogens is 346 g/mol. The second kappa shape index (κ2) is 7.09. The van der Waals surface area contributed by atoms with Crippen molar-refractivity contribution >= 4 is 29.4 Å². The third-order valence-electron chi connectivity index (χ3n) is 4.18. The molecule has 1 aromatic rings. The number of hydrogen-bond acceptors (Lipinski definition) is 6. The summed E-state index contributed by atoms with van der Waals surface area (Å²) in [5.41, 5.74) is 0.872. The molecule has 0 aliphatic carbocycles. The van der Waals surface area contributed by atoms with Crippen molar-refractivity contribution in [2.24, 2.45) is 7.05 Å². The third-order valence-corrected chi connectivity index (χ3v) is 6.41. The van der Waals surface area contributed by atoms with E-state index >= 15 is 0 Å². The SMILES string of the molecule is CC1CN(C(=O)CSc2nc3c(c(=O)n2C)SC(C)C3)CC(C)O1. The number of hydrogen-bond donors (Lipinski definition) is 0. The van der Waals surface area contributed by atoms with Gasteiger partial charge in [0.25, 0.3) is 5.56 Å². The van der Waals surface area contributed by atoms with E-state index in [9.17, 15) is 9.59 Å². The standard InChI is InChI=1S/C16H23N3O3S2/c1-9-6-19(7-10(2)22-9)13(20)8-23-16-17-12-5-11(3)24-14(12)15(21)18(16)4/h9-11H,5-8H2,1-4H3. The topological polar surface area (TPSA) is 64.4 Å². The molecule has 1 amide bonds. The van der Waals surface area contributed by atoms with E-state index in [1.54, 1.807) is 23.4 Å². The Bertz CT molecular complexity index is 697. The average molecular weight is 370 g/mol. The second-order valence-electron chi connectivity index (χ2n) is 6.51. The summed E-state index contributed by atoms with van der Waals surface area (Å²) in [6.07, 6.45) is 0.933. The molecule has 3 atom stereocenters. The molecule has 0 saturated carbocycles. The van der Waals surface area contributed by atoms with E-state index in [0.29, 0.717) is 29.2 Å². The van der Waals surface area contributed by atoms with Crippen LogP contribution in [0.15, 0.2) is 14.8 Å². The lowest BCUT2D eigenvalue weighted by molar-refractivity contribution is -0.140. The number of thioether (sulfide) groups is 2. The fourth-order valence-electron chi connectivity index (χ4n) is 3.10. The number of fused-ring (bicyclic) bond motifs is 1. The van der Waals surface area contributed by atoms with Gasteiger partial charge in [0, 0.05) is 31.8 Å². The Morgan fingerprint density at radius 1 is 1.33 bits per heavy atom. The van der Waals surface area contributed by atoms with Crippen LogP contribution < -0.4 is 5.56 Å². The maximum Gasteiger partial charge on any atom is 0.267 e. The summed E-state index contributed by atoms with van der Waals surface area (Å²) in [4.78, 5) is 32.1. The van der Waals surface area contributed by atoms with Crippen LogP contribution in [0.2, 0.25) is 0 Å². The maximum atomic E-state index is 12.5. The average Bonchev–Trinajstić information content (AvgIpc) is 2.89. The van der Waals surface area contributed by atoms with Crippen LogP contribution in [0.25, 0.3) is 0 Å². The Morgan fingerprint density at radius 2 is 2.00 bits per heavy atom. The minimum absolute atomic E-state index is 0.00193. The molecule has 8 heteroatoms. The summed E-state index contributed by atoms with van der Waals surface area (Å²) in [5, 5.41) is 1.01. The molecule has 1 saturated heterocycles. The molecule has 1 aromatic heterocycles. The van der Waals surface area contributed by atoms with Gasteiger partial charge in [-0.25, -0.2) is 4.98 Å². The molecule has 0 radical (unpaired) electrons. The van der Waals surface area contributed by atoms with E-state index in [-0.39, 0.29) is 23.7 Å². The predicted molar refractivity (Wildman–Crippen MR) is 95.8 cm³/mol. The number of amides is 1. The Balaban J connectivity index is 1.69. The highest BCUT2D eigenvalue weighted by atomic mass is 32.2. The van der Waals surface area contributed by atoms with Crippen LogP contribution >= 0.6 is 23.5 Å². The molecule has 1 fully saturated rings. The van der Waals surface area contributed by atoms with E-state index < -0.39 is 0 Å². The van der Waals surface area contributed by atoms with Gasteiger partial charge in [-0.1, -0.05) is 18.7 Å². The Labute approximate surface area is 150 Å². The predicted octanol–water partition coefficient (Wildman–Crippen LogP) is 1.54. The van der Waals surface area contributed by atoms with Crippen LogP contribution in [-0.2, 0) is 23.0 Å². The number of aromatic nitrogens is 2. The van der Waals surface area contributed by atoms with E-state index in [4.69, 9.17) is 4.74 Å². The Morgan fingerprint density at radius 3 is 2.67 bits per heavy atom. The van der Waals surface area contributed by atoms with Gasteiger partial charge in [0.15, 0.2) is 5.16 Å². The van der Waals surface area contributed by atoms with Crippen LogP contribution in [-0.4, -0.2) is 56.7 Å². The molecule has 3 heterocycles. The van der Waals surface area contributed by atoms with Crippen LogP contribution in [0, 0.1) is 0 Å². The van der Waals surface area contributed by atoms with Crippen molar-refractivity contribution in [3.63, 3.8) is 0 Å². The third kappa shape index (κ3) is 3.65. The van der Waals surface area contributed by atoms with Crippen molar-refractivity contribution in [3.05, 3.63) is 16.0 Å². The molecule has 132 valence electrons. The minimum atomic E-state index is -0.00193. The lowest BCUT2D eigenvalue weighted by atomic mass is 10.2. The molecule has 0 N–H and O–H groups in total. The number of morpholine rings is 1. The molecule has 2 aliphatic heterocycles. The minimum Gasteiger partial charge on any atom is -0.372 e. The molecule has 0 aromatic carbocycles. The van der Waals surface area contributed by atoms with E-state index in [1.165, 1.54) is 11.8 Å². The summed E-state index contributed by atoms with van der Waals surface area (Å²) in [6.45, 7) is 7.30. The fraction of sp³-hybridized carbons (Fsp3) is 0.688. The fourth-order valence-corrected chi connectivity index (χ4v) is 5.14. The zero-order valence-corrected chi connectivity index (χ0v) is 16.1. The van der Waals surface area contributed by atoms with Crippen molar-refractivity contribution < 1.29 is 9.53 Å². The van der Waals surface area contributed by atoms with Crippen LogP contribution in [0.5, 0.6) is 0 Å². The largest absolute Gasteiger partial charge is 0.372 e. The highest BCUT2D eigenvalue weighted by molar-refractivity contribution is 8.00. The van der Waals surface area contributed by atoms with Crippen molar-refractivity contribution in [3.8, 4) is 0 Å². The smallest absolute Gasteiger partial charge is 0.267 e. The summed E-state index contributed by atoms with van der Waals surface area (Å²) in [7, 11) is 1.73. The Hall–Kier alpha value is -0.990. The summed E-state index contributed by atoms with van der Waals surface area (Å²) in [6, 6.07) is 0. The van der Waals surface area contributed by atoms with Crippen molar-refractivity contribution in [2.75, 3.05) is 18.8 Å². The molecule has 2 aliphatic rings. The Kier molecular flexibility index (Phi) is 5.27. The lowest BCUT2D eigenvalue weighted by Gasteiger charge is -2.35. The van der Waals surface area contributed by atoms with Gasteiger partial charge >= 0.3 is 0 Å². The summed E-state index contributed by atoms with van der Waals surface area (Å²) < 4.78 is 7.23. The van der Waals surface area contributed by atoms with Crippen LogP contribution in [0.4, 0.5) is 0 Å². The maximum absolute atomic E-state index is 12.5. The molecule has 3 rings (SSSR count). The van der Waals surface area contributed by atoms with Gasteiger partial charge in [-0.2, -0.15) is 0 Å². The number of ether oxygens (including phenoxy) is 1. The zero-order chi connectivity index (χ0) is 17.4. The van der Waals surface area contributed by atoms with E-state index in [0.717, 1.165) is 17.0 Å². The number of carbonyl (C=O) groups excluding carboxylic acids is 1. The van der Waals surface area contributed by atoms with E-state index in [1.807, 2.05) is 18.7 Å². The van der Waals surface area contributed by atoms with Gasteiger partial charge in [-0.15, -0.1) is 11.8 Å². The molecule has 0 spiro atoms.